The number of aromatic hydroxyl groups is 1. The first kappa shape index (κ1) is 13.2. The number of hydrogen-bond acceptors (Lipinski definition) is 2. The molecule has 100 valence electrons. The summed E-state index contributed by atoms with van der Waals surface area (Å²) in [6.07, 6.45) is -6.67. The fourth-order valence-electron chi connectivity index (χ4n) is 2.40. The van der Waals surface area contributed by atoms with Crippen molar-refractivity contribution in [2.45, 2.75) is 39.2 Å². The summed E-state index contributed by atoms with van der Waals surface area (Å²) in [7, 11) is 0. The first-order chi connectivity index (χ1) is 8.14. The van der Waals surface area contributed by atoms with Gasteiger partial charge in [-0.2, -0.15) is 13.2 Å². The van der Waals surface area contributed by atoms with Gasteiger partial charge in [0.05, 0.1) is 6.10 Å². The van der Waals surface area contributed by atoms with E-state index in [9.17, 15) is 18.3 Å². The van der Waals surface area contributed by atoms with Crippen molar-refractivity contribution >= 4 is 0 Å². The smallest absolute Gasteiger partial charge is 0.415 e. The molecule has 0 amide bonds. The molecule has 18 heavy (non-hydrogen) atoms. The zero-order chi connectivity index (χ0) is 13.7. The number of hydrogen-bond donors (Lipinski definition) is 1. The number of phenolic OH excluding ortho intramolecular Hbond substituents is 1. The van der Waals surface area contributed by atoms with E-state index in [-0.39, 0.29) is 5.75 Å². The Labute approximate surface area is 103 Å². The molecule has 1 N–H and O–H groups in total. The standard InChI is InChI=1S/C13H15F3O2/c1-7-6-8(4-5-9(7)17)10-12(2,3)11(18-10)13(14,15)16/h4-6,10-11,17H,1-3H3. The van der Waals surface area contributed by atoms with E-state index in [0.717, 1.165) is 0 Å². The Hall–Kier alpha value is -1.23. The van der Waals surface area contributed by atoms with Gasteiger partial charge in [0.2, 0.25) is 0 Å². The van der Waals surface area contributed by atoms with E-state index >= 15 is 0 Å². The second-order valence-electron chi connectivity index (χ2n) is 5.31. The summed E-state index contributed by atoms with van der Waals surface area (Å²) in [4.78, 5) is 0. The molecule has 1 aromatic rings. The Bertz CT molecular complexity index is 466. The molecule has 0 bridgehead atoms. The third-order valence-electron chi connectivity index (χ3n) is 3.44. The summed E-state index contributed by atoms with van der Waals surface area (Å²) in [6, 6.07) is 4.74. The maximum atomic E-state index is 12.7. The molecule has 5 heteroatoms. The zero-order valence-electron chi connectivity index (χ0n) is 10.4. The minimum Gasteiger partial charge on any atom is -0.508 e. The molecule has 2 nitrogen and oxygen atoms in total. The number of rotatable bonds is 1. The number of ether oxygens (including phenoxy) is 1. The van der Waals surface area contributed by atoms with Crippen molar-refractivity contribution in [3.05, 3.63) is 29.3 Å². The van der Waals surface area contributed by atoms with Crippen LogP contribution in [0.1, 0.15) is 31.1 Å². The van der Waals surface area contributed by atoms with Gasteiger partial charge in [0.15, 0.2) is 6.10 Å². The van der Waals surface area contributed by atoms with Gasteiger partial charge in [-0.1, -0.05) is 19.9 Å². The van der Waals surface area contributed by atoms with Crippen LogP contribution in [0.3, 0.4) is 0 Å². The Morgan fingerprint density at radius 3 is 2.33 bits per heavy atom. The van der Waals surface area contributed by atoms with Crippen molar-refractivity contribution in [1.29, 1.82) is 0 Å². The van der Waals surface area contributed by atoms with Crippen LogP contribution in [0.15, 0.2) is 18.2 Å². The normalized spacial score (nSPS) is 26.8. The average molecular weight is 260 g/mol. The quantitative estimate of drug-likeness (QED) is 0.833. The van der Waals surface area contributed by atoms with E-state index in [0.29, 0.717) is 11.1 Å². The summed E-state index contributed by atoms with van der Waals surface area (Å²) in [5.74, 6) is 0.128. The van der Waals surface area contributed by atoms with Crippen LogP contribution in [-0.4, -0.2) is 17.4 Å². The highest BCUT2D eigenvalue weighted by atomic mass is 19.4. The molecule has 2 rings (SSSR count). The van der Waals surface area contributed by atoms with Crippen LogP contribution in [0.2, 0.25) is 0 Å². The van der Waals surface area contributed by atoms with Gasteiger partial charge >= 0.3 is 6.18 Å². The van der Waals surface area contributed by atoms with Gasteiger partial charge in [-0.3, -0.25) is 0 Å². The second kappa shape index (κ2) is 3.88. The Kier molecular flexibility index (Phi) is 2.85. The fraction of sp³-hybridized carbons (Fsp3) is 0.538. The van der Waals surface area contributed by atoms with Crippen molar-refractivity contribution in [2.24, 2.45) is 5.41 Å². The maximum Gasteiger partial charge on any atom is 0.415 e. The predicted molar refractivity (Wildman–Crippen MR) is 60.3 cm³/mol. The van der Waals surface area contributed by atoms with Gasteiger partial charge in [0, 0.05) is 5.41 Å². The van der Waals surface area contributed by atoms with Gasteiger partial charge < -0.3 is 9.84 Å². The van der Waals surface area contributed by atoms with Crippen LogP contribution in [0.4, 0.5) is 13.2 Å². The van der Waals surface area contributed by atoms with E-state index in [1.807, 2.05) is 0 Å². The third kappa shape index (κ3) is 1.96. The topological polar surface area (TPSA) is 29.5 Å². The van der Waals surface area contributed by atoms with Crippen molar-refractivity contribution in [1.82, 2.24) is 0 Å². The highest BCUT2D eigenvalue weighted by molar-refractivity contribution is 5.37. The number of halogens is 3. The molecule has 0 aliphatic carbocycles. The zero-order valence-corrected chi connectivity index (χ0v) is 10.4. The van der Waals surface area contributed by atoms with Gasteiger partial charge in [0.1, 0.15) is 5.75 Å². The Balaban J connectivity index is 2.25. The van der Waals surface area contributed by atoms with E-state index in [1.54, 1.807) is 32.9 Å². The lowest BCUT2D eigenvalue weighted by atomic mass is 9.72. The third-order valence-corrected chi connectivity index (χ3v) is 3.44. The van der Waals surface area contributed by atoms with E-state index in [2.05, 4.69) is 0 Å². The lowest BCUT2D eigenvalue weighted by Gasteiger charge is -2.52. The second-order valence-corrected chi connectivity index (χ2v) is 5.31. The number of benzene rings is 1. The van der Waals surface area contributed by atoms with Crippen molar-refractivity contribution in [3.8, 4) is 5.75 Å². The van der Waals surface area contributed by atoms with Crippen LogP contribution < -0.4 is 0 Å². The molecule has 0 saturated carbocycles. The molecule has 0 spiro atoms. The van der Waals surface area contributed by atoms with Gasteiger partial charge in [-0.25, -0.2) is 0 Å². The summed E-state index contributed by atoms with van der Waals surface area (Å²) < 4.78 is 43.0. The van der Waals surface area contributed by atoms with E-state index < -0.39 is 23.8 Å². The lowest BCUT2D eigenvalue weighted by molar-refractivity contribution is -0.351. The van der Waals surface area contributed by atoms with Crippen LogP contribution >= 0.6 is 0 Å². The molecule has 1 aliphatic rings. The van der Waals surface area contributed by atoms with Gasteiger partial charge in [0.25, 0.3) is 0 Å². The highest BCUT2D eigenvalue weighted by Gasteiger charge is 2.62. The average Bonchev–Trinajstić information content (AvgIpc) is 2.20. The maximum absolute atomic E-state index is 12.7. The van der Waals surface area contributed by atoms with Crippen molar-refractivity contribution in [2.75, 3.05) is 0 Å². The Morgan fingerprint density at radius 1 is 1.28 bits per heavy atom. The molecule has 1 aromatic carbocycles. The van der Waals surface area contributed by atoms with Crippen LogP contribution in [0, 0.1) is 12.3 Å². The minimum atomic E-state index is -4.34. The lowest BCUT2D eigenvalue weighted by Crippen LogP contribution is -2.57. The Morgan fingerprint density at radius 2 is 1.89 bits per heavy atom. The van der Waals surface area contributed by atoms with E-state index in [4.69, 9.17) is 4.74 Å². The largest absolute Gasteiger partial charge is 0.508 e. The summed E-state index contributed by atoms with van der Waals surface area (Å²) >= 11 is 0. The van der Waals surface area contributed by atoms with Crippen molar-refractivity contribution in [3.63, 3.8) is 0 Å². The molecule has 1 fully saturated rings. The SMILES string of the molecule is Cc1cc(C2OC(C(F)(F)F)C2(C)C)ccc1O. The monoisotopic (exact) mass is 260 g/mol. The summed E-state index contributed by atoms with van der Waals surface area (Å²) in [5, 5.41) is 9.41. The summed E-state index contributed by atoms with van der Waals surface area (Å²) in [5.41, 5.74) is 0.292. The van der Waals surface area contributed by atoms with Gasteiger partial charge in [-0.05, 0) is 30.2 Å². The molecule has 1 aliphatic heterocycles. The van der Waals surface area contributed by atoms with E-state index in [1.165, 1.54) is 6.07 Å². The highest BCUT2D eigenvalue weighted by Crippen LogP contribution is 2.56. The predicted octanol–water partition coefficient (Wildman–Crippen LogP) is 3.73. The first-order valence-electron chi connectivity index (χ1n) is 5.65. The fourth-order valence-corrected chi connectivity index (χ4v) is 2.40. The number of phenols is 1. The molecule has 2 atom stereocenters. The van der Waals surface area contributed by atoms with Crippen molar-refractivity contribution < 1.29 is 23.0 Å². The first-order valence-corrected chi connectivity index (χ1v) is 5.65. The van der Waals surface area contributed by atoms with Crippen LogP contribution in [0.25, 0.3) is 0 Å². The van der Waals surface area contributed by atoms with Gasteiger partial charge in [-0.15, -0.1) is 0 Å². The van der Waals surface area contributed by atoms with Crippen LogP contribution in [0.5, 0.6) is 5.75 Å². The molecule has 0 radical (unpaired) electrons. The number of alkyl halides is 3. The molecule has 1 saturated heterocycles. The summed E-state index contributed by atoms with van der Waals surface area (Å²) in [6.45, 7) is 4.79. The molecular weight excluding hydrogens is 245 g/mol. The molecule has 2 unspecified atom stereocenters. The molecule has 1 heterocycles. The van der Waals surface area contributed by atoms with Crippen LogP contribution in [-0.2, 0) is 4.74 Å². The molecule has 0 aromatic heterocycles. The molecular formula is C13H15F3O2. The number of aryl methyl sites for hydroxylation is 1. The minimum absolute atomic E-state index is 0.128.